The van der Waals surface area contributed by atoms with Gasteiger partial charge in [0.05, 0.1) is 18.2 Å². The summed E-state index contributed by atoms with van der Waals surface area (Å²) in [5.41, 5.74) is 2.54. The van der Waals surface area contributed by atoms with Gasteiger partial charge >= 0.3 is 0 Å². The van der Waals surface area contributed by atoms with Gasteiger partial charge in [0.1, 0.15) is 11.5 Å². The van der Waals surface area contributed by atoms with Crippen molar-refractivity contribution in [3.63, 3.8) is 0 Å². The molecule has 6 heteroatoms. The van der Waals surface area contributed by atoms with Crippen molar-refractivity contribution < 1.29 is 24.2 Å². The van der Waals surface area contributed by atoms with Crippen LogP contribution in [0.15, 0.2) is 54.1 Å². The molecule has 0 spiro atoms. The van der Waals surface area contributed by atoms with Gasteiger partial charge < -0.3 is 19.5 Å². The highest BCUT2D eigenvalue weighted by Crippen LogP contribution is 2.39. The summed E-state index contributed by atoms with van der Waals surface area (Å²) in [4.78, 5) is 27.4. The SMILES string of the molecule is CCCOc1ccc(/C(O)=C2\C(=O)C(=O)N(CCCOC)C2c2ccc(CC)cc2)cc1. The van der Waals surface area contributed by atoms with Gasteiger partial charge in [-0.25, -0.2) is 0 Å². The molecular formula is C26H31NO5. The number of aliphatic hydroxyl groups excluding tert-OH is 1. The number of carbonyl (C=O) groups is 2. The number of carbonyl (C=O) groups excluding carboxylic acids is 2. The lowest BCUT2D eigenvalue weighted by Crippen LogP contribution is -2.31. The molecule has 1 heterocycles. The number of methoxy groups -OCH3 is 1. The van der Waals surface area contributed by atoms with E-state index in [1.807, 2.05) is 31.2 Å². The van der Waals surface area contributed by atoms with E-state index in [0.717, 1.165) is 24.0 Å². The van der Waals surface area contributed by atoms with Crippen molar-refractivity contribution in [3.8, 4) is 5.75 Å². The predicted octanol–water partition coefficient (Wildman–Crippen LogP) is 4.50. The van der Waals surface area contributed by atoms with Crippen LogP contribution in [0, 0.1) is 0 Å². The van der Waals surface area contributed by atoms with Gasteiger partial charge in [-0.15, -0.1) is 0 Å². The van der Waals surface area contributed by atoms with Crippen molar-refractivity contribution >= 4 is 17.4 Å². The summed E-state index contributed by atoms with van der Waals surface area (Å²) in [7, 11) is 1.60. The Bertz CT molecular complexity index is 963. The van der Waals surface area contributed by atoms with E-state index in [1.54, 1.807) is 31.4 Å². The molecule has 3 rings (SSSR count). The molecule has 1 saturated heterocycles. The molecule has 0 radical (unpaired) electrons. The molecule has 1 amide bonds. The van der Waals surface area contributed by atoms with Crippen LogP contribution in [0.1, 0.15) is 49.4 Å². The van der Waals surface area contributed by atoms with Crippen LogP contribution in [0.3, 0.4) is 0 Å². The smallest absolute Gasteiger partial charge is 0.295 e. The second-order valence-electron chi connectivity index (χ2n) is 7.81. The zero-order valence-corrected chi connectivity index (χ0v) is 19.0. The number of amides is 1. The highest BCUT2D eigenvalue weighted by molar-refractivity contribution is 6.46. The summed E-state index contributed by atoms with van der Waals surface area (Å²) >= 11 is 0. The standard InChI is InChI=1S/C26H31NO5/c1-4-16-32-21-13-11-20(12-14-21)24(28)22-23(19-9-7-18(5-2)8-10-19)27(15-6-17-31-3)26(30)25(22)29/h7-14,23,28H,4-6,15-17H2,1-3H3/b24-22+. The van der Waals surface area contributed by atoms with Crippen LogP contribution in [-0.2, 0) is 20.7 Å². The van der Waals surface area contributed by atoms with Crippen molar-refractivity contribution in [2.45, 2.75) is 39.2 Å². The minimum atomic E-state index is -0.671. The first kappa shape index (κ1) is 23.5. The van der Waals surface area contributed by atoms with Gasteiger partial charge in [-0.1, -0.05) is 38.1 Å². The number of likely N-dealkylation sites (tertiary alicyclic amines) is 1. The lowest BCUT2D eigenvalue weighted by atomic mass is 9.94. The van der Waals surface area contributed by atoms with Crippen molar-refractivity contribution in [2.24, 2.45) is 0 Å². The monoisotopic (exact) mass is 437 g/mol. The Morgan fingerprint density at radius 2 is 1.69 bits per heavy atom. The van der Waals surface area contributed by atoms with E-state index in [2.05, 4.69) is 6.92 Å². The molecule has 2 aromatic rings. The number of aryl methyl sites for hydroxylation is 1. The number of ketones is 1. The third kappa shape index (κ3) is 5.02. The lowest BCUT2D eigenvalue weighted by molar-refractivity contribution is -0.140. The number of hydrogen-bond donors (Lipinski definition) is 1. The number of ether oxygens (including phenoxy) is 2. The molecule has 6 nitrogen and oxygen atoms in total. The number of hydrogen-bond acceptors (Lipinski definition) is 5. The first-order chi connectivity index (χ1) is 15.5. The van der Waals surface area contributed by atoms with Crippen molar-refractivity contribution in [1.82, 2.24) is 4.90 Å². The number of nitrogens with zero attached hydrogens (tertiary/aromatic N) is 1. The van der Waals surface area contributed by atoms with Gasteiger partial charge in [-0.05, 0) is 54.7 Å². The summed E-state index contributed by atoms with van der Waals surface area (Å²) in [6.45, 7) is 5.53. The van der Waals surface area contributed by atoms with Crippen LogP contribution >= 0.6 is 0 Å². The number of rotatable bonds is 10. The van der Waals surface area contributed by atoms with Gasteiger partial charge in [-0.2, -0.15) is 0 Å². The molecule has 0 aromatic heterocycles. The van der Waals surface area contributed by atoms with Gasteiger partial charge in [0.2, 0.25) is 0 Å². The maximum absolute atomic E-state index is 13.0. The fourth-order valence-corrected chi connectivity index (χ4v) is 3.86. The maximum atomic E-state index is 13.0. The highest BCUT2D eigenvalue weighted by atomic mass is 16.5. The fraction of sp³-hybridized carbons (Fsp3) is 0.385. The van der Waals surface area contributed by atoms with E-state index in [1.165, 1.54) is 4.90 Å². The Morgan fingerprint density at radius 1 is 1.00 bits per heavy atom. The van der Waals surface area contributed by atoms with Crippen LogP contribution < -0.4 is 4.74 Å². The molecule has 170 valence electrons. The molecule has 1 aliphatic heterocycles. The largest absolute Gasteiger partial charge is 0.507 e. The number of benzene rings is 2. The fourth-order valence-electron chi connectivity index (χ4n) is 3.86. The Labute approximate surface area is 189 Å². The molecule has 1 fully saturated rings. The van der Waals surface area contributed by atoms with E-state index in [4.69, 9.17) is 9.47 Å². The summed E-state index contributed by atoms with van der Waals surface area (Å²) < 4.78 is 10.7. The molecule has 1 aliphatic rings. The number of Topliss-reactive ketones (excluding diaryl/α,β-unsaturated/α-hetero) is 1. The summed E-state index contributed by atoms with van der Waals surface area (Å²) in [6, 6.07) is 14.1. The van der Waals surface area contributed by atoms with E-state index >= 15 is 0 Å². The second kappa shape index (κ2) is 11.0. The summed E-state index contributed by atoms with van der Waals surface area (Å²) in [6.07, 6.45) is 2.38. The van der Waals surface area contributed by atoms with Crippen molar-refractivity contribution in [1.29, 1.82) is 0 Å². The van der Waals surface area contributed by atoms with Crippen molar-refractivity contribution in [2.75, 3.05) is 26.9 Å². The maximum Gasteiger partial charge on any atom is 0.295 e. The Hall–Kier alpha value is -3.12. The predicted molar refractivity (Wildman–Crippen MR) is 124 cm³/mol. The van der Waals surface area contributed by atoms with E-state index in [-0.39, 0.29) is 11.3 Å². The second-order valence-corrected chi connectivity index (χ2v) is 7.81. The molecule has 0 aliphatic carbocycles. The quantitative estimate of drug-likeness (QED) is 0.256. The van der Waals surface area contributed by atoms with Crippen LogP contribution in [-0.4, -0.2) is 48.6 Å². The minimum Gasteiger partial charge on any atom is -0.507 e. The Morgan fingerprint density at radius 3 is 2.28 bits per heavy atom. The van der Waals surface area contributed by atoms with Crippen molar-refractivity contribution in [3.05, 3.63) is 70.8 Å². The first-order valence-corrected chi connectivity index (χ1v) is 11.1. The molecule has 0 saturated carbocycles. The summed E-state index contributed by atoms with van der Waals surface area (Å²) in [5, 5.41) is 11.1. The molecule has 32 heavy (non-hydrogen) atoms. The van der Waals surface area contributed by atoms with Gasteiger partial charge in [0.15, 0.2) is 0 Å². The molecule has 2 aromatic carbocycles. The van der Waals surface area contributed by atoms with Crippen LogP contribution in [0.5, 0.6) is 5.75 Å². The van der Waals surface area contributed by atoms with E-state index in [0.29, 0.717) is 37.5 Å². The molecular weight excluding hydrogens is 406 g/mol. The average molecular weight is 438 g/mol. The molecule has 1 unspecified atom stereocenters. The topological polar surface area (TPSA) is 76.1 Å². The Kier molecular flexibility index (Phi) is 8.06. The Balaban J connectivity index is 2.02. The first-order valence-electron chi connectivity index (χ1n) is 11.1. The minimum absolute atomic E-state index is 0.110. The lowest BCUT2D eigenvalue weighted by Gasteiger charge is -2.25. The van der Waals surface area contributed by atoms with Gasteiger partial charge in [-0.3, -0.25) is 9.59 Å². The third-order valence-electron chi connectivity index (χ3n) is 5.59. The van der Waals surface area contributed by atoms with Crippen LogP contribution in [0.4, 0.5) is 0 Å². The average Bonchev–Trinajstić information content (AvgIpc) is 3.08. The van der Waals surface area contributed by atoms with E-state index in [9.17, 15) is 14.7 Å². The third-order valence-corrected chi connectivity index (χ3v) is 5.59. The summed E-state index contributed by atoms with van der Waals surface area (Å²) in [5.74, 6) is -0.759. The molecule has 0 bridgehead atoms. The van der Waals surface area contributed by atoms with Gasteiger partial charge in [0.25, 0.3) is 11.7 Å². The number of aliphatic hydroxyl groups is 1. The zero-order valence-electron chi connectivity index (χ0n) is 19.0. The zero-order chi connectivity index (χ0) is 23.1. The normalized spacial score (nSPS) is 17.7. The van der Waals surface area contributed by atoms with E-state index < -0.39 is 17.7 Å². The van der Waals surface area contributed by atoms with Crippen LogP contribution in [0.25, 0.3) is 5.76 Å². The molecule has 1 N–H and O–H groups in total. The highest BCUT2D eigenvalue weighted by Gasteiger charge is 2.45. The van der Waals surface area contributed by atoms with Crippen LogP contribution in [0.2, 0.25) is 0 Å². The molecule has 1 atom stereocenters. The van der Waals surface area contributed by atoms with Gasteiger partial charge in [0, 0.05) is 25.8 Å².